The van der Waals surface area contributed by atoms with Crippen molar-refractivity contribution >= 4 is 17.7 Å². The molecule has 1 atom stereocenters. The van der Waals surface area contributed by atoms with Crippen molar-refractivity contribution in [2.75, 3.05) is 19.6 Å². The highest BCUT2D eigenvalue weighted by Gasteiger charge is 2.39. The first-order chi connectivity index (χ1) is 13.0. The Hall–Kier alpha value is -2.29. The molecule has 27 heavy (non-hydrogen) atoms. The molecule has 0 spiro atoms. The summed E-state index contributed by atoms with van der Waals surface area (Å²) in [7, 11) is 0. The van der Waals surface area contributed by atoms with E-state index in [-0.39, 0.29) is 18.2 Å². The summed E-state index contributed by atoms with van der Waals surface area (Å²) < 4.78 is 0. The van der Waals surface area contributed by atoms with Gasteiger partial charge < -0.3 is 20.6 Å². The third-order valence-electron chi connectivity index (χ3n) is 5.59. The summed E-state index contributed by atoms with van der Waals surface area (Å²) in [6, 6.07) is 5.13. The van der Waals surface area contributed by atoms with E-state index in [1.54, 1.807) is 4.90 Å². The number of carbonyl (C=O) groups is 3. The summed E-state index contributed by atoms with van der Waals surface area (Å²) in [6.45, 7) is 3.05. The number of carbonyl (C=O) groups excluding carboxylic acids is 3. The van der Waals surface area contributed by atoms with Gasteiger partial charge in [-0.25, -0.2) is 0 Å². The smallest absolute Gasteiger partial charge is 0.255 e. The van der Waals surface area contributed by atoms with Crippen LogP contribution in [0.15, 0.2) is 18.2 Å². The van der Waals surface area contributed by atoms with Gasteiger partial charge in [-0.15, -0.1) is 0 Å². The van der Waals surface area contributed by atoms with Crippen molar-refractivity contribution in [2.45, 2.75) is 44.0 Å². The molecule has 3 aliphatic rings. The summed E-state index contributed by atoms with van der Waals surface area (Å²) >= 11 is 0. The lowest BCUT2D eigenvalue weighted by molar-refractivity contribution is -0.136. The number of amides is 3. The van der Waals surface area contributed by atoms with Crippen LogP contribution in [0.4, 0.5) is 0 Å². The molecule has 0 radical (unpaired) electrons. The molecule has 1 aromatic rings. The number of hydrogen-bond acceptors (Lipinski definition) is 6. The molecule has 1 aromatic carbocycles. The molecule has 3 heterocycles. The van der Waals surface area contributed by atoms with Crippen molar-refractivity contribution in [3.8, 4) is 0 Å². The van der Waals surface area contributed by atoms with Gasteiger partial charge in [0, 0.05) is 38.2 Å². The van der Waals surface area contributed by atoms with Gasteiger partial charge in [0.25, 0.3) is 5.91 Å². The maximum absolute atomic E-state index is 12.7. The lowest BCUT2D eigenvalue weighted by Gasteiger charge is -2.37. The lowest BCUT2D eigenvalue weighted by atomic mass is 9.93. The van der Waals surface area contributed by atoms with Crippen molar-refractivity contribution in [1.29, 1.82) is 0 Å². The molecule has 8 nitrogen and oxygen atoms in total. The second-order valence-electron chi connectivity index (χ2n) is 7.65. The number of fused-ring (bicyclic) bond motifs is 1. The fraction of sp³-hybridized carbons (Fsp3) is 0.526. The molecule has 3 aliphatic heterocycles. The first kappa shape index (κ1) is 18.1. The van der Waals surface area contributed by atoms with Crippen molar-refractivity contribution in [3.05, 3.63) is 34.9 Å². The molecule has 2 saturated heterocycles. The largest absolute Gasteiger partial charge is 0.387 e. The molecular weight excluding hydrogens is 348 g/mol. The van der Waals surface area contributed by atoms with Crippen LogP contribution in [0.2, 0.25) is 0 Å². The van der Waals surface area contributed by atoms with Gasteiger partial charge in [-0.3, -0.25) is 19.7 Å². The van der Waals surface area contributed by atoms with Crippen molar-refractivity contribution < 1.29 is 19.5 Å². The van der Waals surface area contributed by atoms with E-state index < -0.39 is 17.6 Å². The van der Waals surface area contributed by atoms with Crippen LogP contribution in [-0.4, -0.2) is 59.0 Å². The first-order valence-corrected chi connectivity index (χ1v) is 9.35. The Morgan fingerprint density at radius 3 is 2.78 bits per heavy atom. The topological polar surface area (TPSA) is 111 Å². The molecule has 0 bridgehead atoms. The average Bonchev–Trinajstić information content (AvgIpc) is 2.93. The summed E-state index contributed by atoms with van der Waals surface area (Å²) in [6.07, 6.45) is 1.33. The molecule has 0 aliphatic carbocycles. The minimum atomic E-state index is -0.584. The zero-order chi connectivity index (χ0) is 19.0. The highest BCUT2D eigenvalue weighted by atomic mass is 16.3. The Bertz CT molecular complexity index is 790. The van der Waals surface area contributed by atoms with Gasteiger partial charge >= 0.3 is 0 Å². The fourth-order valence-corrected chi connectivity index (χ4v) is 3.88. The Kier molecular flexibility index (Phi) is 4.71. The van der Waals surface area contributed by atoms with Crippen LogP contribution < -0.4 is 16.0 Å². The van der Waals surface area contributed by atoms with E-state index in [1.165, 1.54) is 0 Å². The summed E-state index contributed by atoms with van der Waals surface area (Å²) in [5.74, 6) is -0.826. The van der Waals surface area contributed by atoms with E-state index in [9.17, 15) is 19.5 Å². The van der Waals surface area contributed by atoms with E-state index in [2.05, 4.69) is 16.0 Å². The van der Waals surface area contributed by atoms with Crippen LogP contribution in [0, 0.1) is 0 Å². The average molecular weight is 372 g/mol. The number of rotatable bonds is 6. The van der Waals surface area contributed by atoms with Gasteiger partial charge in [0.15, 0.2) is 0 Å². The molecule has 4 N–H and O–H groups in total. The van der Waals surface area contributed by atoms with Crippen LogP contribution in [0.5, 0.6) is 0 Å². The molecule has 0 saturated carbocycles. The number of hydrogen-bond donors (Lipinski definition) is 4. The molecule has 144 valence electrons. The molecule has 0 aromatic heterocycles. The normalized spacial score (nSPS) is 23.8. The van der Waals surface area contributed by atoms with Crippen LogP contribution in [0.1, 0.15) is 40.7 Å². The number of piperidine rings is 1. The molecule has 4 rings (SSSR count). The van der Waals surface area contributed by atoms with E-state index in [0.717, 1.165) is 17.7 Å². The maximum atomic E-state index is 12.7. The third-order valence-corrected chi connectivity index (χ3v) is 5.59. The van der Waals surface area contributed by atoms with Crippen LogP contribution >= 0.6 is 0 Å². The SMILES string of the molecule is O=C1CCC(N2Cc3cc(CNCCC4(O)CNC4)ccc3C2=O)C(=O)N1. The lowest BCUT2D eigenvalue weighted by Crippen LogP contribution is -2.60. The maximum Gasteiger partial charge on any atom is 0.255 e. The number of nitrogens with zero attached hydrogens (tertiary/aromatic N) is 1. The minimum Gasteiger partial charge on any atom is -0.387 e. The minimum absolute atomic E-state index is 0.154. The van der Waals surface area contributed by atoms with E-state index >= 15 is 0 Å². The Labute approximate surface area is 157 Å². The molecule has 2 fully saturated rings. The van der Waals surface area contributed by atoms with Crippen molar-refractivity contribution in [1.82, 2.24) is 20.9 Å². The number of aliphatic hydroxyl groups is 1. The Balaban J connectivity index is 1.36. The molecule has 3 amide bonds. The Morgan fingerprint density at radius 1 is 1.26 bits per heavy atom. The van der Waals surface area contributed by atoms with Crippen molar-refractivity contribution in [3.63, 3.8) is 0 Å². The van der Waals surface area contributed by atoms with Crippen LogP contribution in [-0.2, 0) is 22.7 Å². The zero-order valence-electron chi connectivity index (χ0n) is 15.1. The number of imide groups is 1. The number of nitrogens with one attached hydrogen (secondary N) is 3. The summed E-state index contributed by atoms with van der Waals surface area (Å²) in [4.78, 5) is 37.6. The van der Waals surface area contributed by atoms with Crippen LogP contribution in [0.3, 0.4) is 0 Å². The second-order valence-corrected chi connectivity index (χ2v) is 7.65. The number of β-amino-alcohol motifs (C(OH)–C–C–N with tert-alkyl or cyclic N) is 1. The van der Waals surface area contributed by atoms with Gasteiger partial charge in [0.2, 0.25) is 11.8 Å². The Morgan fingerprint density at radius 2 is 2.07 bits per heavy atom. The number of benzene rings is 1. The van der Waals surface area contributed by atoms with Gasteiger partial charge in [0.1, 0.15) is 6.04 Å². The van der Waals surface area contributed by atoms with E-state index in [1.807, 2.05) is 18.2 Å². The summed E-state index contributed by atoms with van der Waals surface area (Å²) in [5, 5.41) is 18.8. The monoisotopic (exact) mass is 372 g/mol. The van der Waals surface area contributed by atoms with Gasteiger partial charge in [-0.2, -0.15) is 0 Å². The predicted octanol–water partition coefficient (Wildman–Crippen LogP) is -0.738. The third kappa shape index (κ3) is 3.60. The zero-order valence-corrected chi connectivity index (χ0v) is 15.1. The standard InChI is InChI=1S/C19H24N4O4/c24-16-4-3-15(17(25)22-16)23-9-13-7-12(1-2-14(13)18(23)26)8-20-6-5-19(27)10-21-11-19/h1-2,7,15,20-21,27H,3-6,8-11H2,(H,22,24,25). The molecular formula is C19H24N4O4. The molecule has 1 unspecified atom stereocenters. The fourth-order valence-electron chi connectivity index (χ4n) is 3.88. The second kappa shape index (κ2) is 7.03. The summed E-state index contributed by atoms with van der Waals surface area (Å²) in [5.41, 5.74) is 2.01. The molecule has 8 heteroatoms. The van der Waals surface area contributed by atoms with Gasteiger partial charge in [0.05, 0.1) is 5.60 Å². The van der Waals surface area contributed by atoms with Crippen LogP contribution in [0.25, 0.3) is 0 Å². The predicted molar refractivity (Wildman–Crippen MR) is 96.6 cm³/mol. The van der Waals surface area contributed by atoms with E-state index in [0.29, 0.717) is 44.6 Å². The first-order valence-electron chi connectivity index (χ1n) is 9.35. The van der Waals surface area contributed by atoms with E-state index in [4.69, 9.17) is 0 Å². The highest BCUT2D eigenvalue weighted by molar-refractivity contribution is 6.05. The van der Waals surface area contributed by atoms with Gasteiger partial charge in [-0.1, -0.05) is 12.1 Å². The van der Waals surface area contributed by atoms with Crippen molar-refractivity contribution in [2.24, 2.45) is 0 Å². The van der Waals surface area contributed by atoms with Gasteiger partial charge in [-0.05, 0) is 36.6 Å². The quantitative estimate of drug-likeness (QED) is 0.387. The highest BCUT2D eigenvalue weighted by Crippen LogP contribution is 2.28.